The molecule has 2 fully saturated rings. The van der Waals surface area contributed by atoms with Crippen LogP contribution in [0, 0.1) is 0 Å². The van der Waals surface area contributed by atoms with Gasteiger partial charge in [-0.15, -0.1) is 0 Å². The van der Waals surface area contributed by atoms with Gasteiger partial charge in [0, 0.05) is 37.8 Å². The van der Waals surface area contributed by atoms with Crippen LogP contribution in [0.4, 0.5) is 0 Å². The van der Waals surface area contributed by atoms with Crippen molar-refractivity contribution in [3.05, 3.63) is 0 Å². The molecule has 0 aromatic rings. The van der Waals surface area contributed by atoms with E-state index in [1.54, 1.807) is 0 Å². The van der Waals surface area contributed by atoms with Crippen molar-refractivity contribution < 1.29 is 9.84 Å². The quantitative estimate of drug-likeness (QED) is 0.694. The largest absolute Gasteiger partial charge is 0.390 e. The number of hydrogen-bond donors (Lipinski definition) is 1. The molecule has 0 aliphatic carbocycles. The molecule has 2 unspecified atom stereocenters. The zero-order chi connectivity index (χ0) is 11.8. The highest BCUT2D eigenvalue weighted by molar-refractivity contribution is 4.95. The van der Waals surface area contributed by atoms with Crippen molar-refractivity contribution in [2.24, 2.45) is 0 Å². The SMILES string of the molecule is CC(C)(C)N1CC(O)C(N2CCOCC2)C1. The maximum Gasteiger partial charge on any atom is 0.0834 e. The van der Waals surface area contributed by atoms with Crippen LogP contribution in [-0.4, -0.2) is 72.0 Å². The van der Waals surface area contributed by atoms with Crippen LogP contribution < -0.4 is 0 Å². The Morgan fingerprint density at radius 2 is 1.75 bits per heavy atom. The molecule has 4 nitrogen and oxygen atoms in total. The molecular weight excluding hydrogens is 204 g/mol. The third-order valence-electron chi connectivity index (χ3n) is 3.72. The molecule has 4 heteroatoms. The molecule has 2 saturated heterocycles. The van der Waals surface area contributed by atoms with Gasteiger partial charge in [-0.2, -0.15) is 0 Å². The number of aliphatic hydroxyl groups is 1. The average molecular weight is 228 g/mol. The molecule has 2 atom stereocenters. The molecule has 0 aromatic carbocycles. The zero-order valence-electron chi connectivity index (χ0n) is 10.6. The lowest BCUT2D eigenvalue weighted by atomic mass is 10.1. The van der Waals surface area contributed by atoms with Crippen molar-refractivity contribution in [2.45, 2.75) is 38.5 Å². The van der Waals surface area contributed by atoms with Gasteiger partial charge < -0.3 is 9.84 Å². The molecule has 0 bridgehead atoms. The van der Waals surface area contributed by atoms with Crippen LogP contribution >= 0.6 is 0 Å². The van der Waals surface area contributed by atoms with Gasteiger partial charge in [0.25, 0.3) is 0 Å². The topological polar surface area (TPSA) is 35.9 Å². The number of hydrogen-bond acceptors (Lipinski definition) is 4. The van der Waals surface area contributed by atoms with Crippen molar-refractivity contribution in [1.82, 2.24) is 9.80 Å². The van der Waals surface area contributed by atoms with Crippen LogP contribution in [0.2, 0.25) is 0 Å². The normalized spacial score (nSPS) is 34.5. The Balaban J connectivity index is 1.96. The van der Waals surface area contributed by atoms with Crippen LogP contribution in [0.3, 0.4) is 0 Å². The molecule has 0 saturated carbocycles. The Morgan fingerprint density at radius 1 is 1.12 bits per heavy atom. The highest BCUT2D eigenvalue weighted by Crippen LogP contribution is 2.24. The Hall–Kier alpha value is -0.160. The molecule has 2 heterocycles. The zero-order valence-corrected chi connectivity index (χ0v) is 10.6. The molecule has 2 aliphatic heterocycles. The second-order valence-electron chi connectivity index (χ2n) is 5.86. The fraction of sp³-hybridized carbons (Fsp3) is 1.00. The first-order valence-corrected chi connectivity index (χ1v) is 6.23. The molecule has 2 aliphatic rings. The Labute approximate surface area is 98.2 Å². The fourth-order valence-electron chi connectivity index (χ4n) is 2.59. The second-order valence-corrected chi connectivity index (χ2v) is 5.86. The predicted molar refractivity (Wildman–Crippen MR) is 63.5 cm³/mol. The van der Waals surface area contributed by atoms with E-state index in [2.05, 4.69) is 30.6 Å². The summed E-state index contributed by atoms with van der Waals surface area (Å²) >= 11 is 0. The molecule has 1 N–H and O–H groups in total. The van der Waals surface area contributed by atoms with E-state index in [0.717, 1.165) is 39.4 Å². The first-order chi connectivity index (χ1) is 7.48. The highest BCUT2D eigenvalue weighted by atomic mass is 16.5. The minimum absolute atomic E-state index is 0.155. The third kappa shape index (κ3) is 2.56. The van der Waals surface area contributed by atoms with E-state index in [0.29, 0.717) is 6.04 Å². The van der Waals surface area contributed by atoms with E-state index in [-0.39, 0.29) is 11.6 Å². The van der Waals surface area contributed by atoms with E-state index in [1.165, 1.54) is 0 Å². The van der Waals surface area contributed by atoms with E-state index < -0.39 is 0 Å². The Kier molecular flexibility index (Phi) is 3.54. The van der Waals surface area contributed by atoms with E-state index >= 15 is 0 Å². The maximum atomic E-state index is 10.2. The van der Waals surface area contributed by atoms with E-state index in [4.69, 9.17) is 4.74 Å². The molecule has 0 spiro atoms. The summed E-state index contributed by atoms with van der Waals surface area (Å²) in [4.78, 5) is 4.75. The summed E-state index contributed by atoms with van der Waals surface area (Å²) in [7, 11) is 0. The van der Waals surface area contributed by atoms with Gasteiger partial charge in [0.15, 0.2) is 0 Å². The first-order valence-electron chi connectivity index (χ1n) is 6.23. The predicted octanol–water partition coefficient (Wildman–Crippen LogP) is 0.162. The standard InChI is InChI=1S/C12H24N2O2/c1-12(2,3)14-8-10(11(15)9-14)13-4-6-16-7-5-13/h10-11,15H,4-9H2,1-3H3. The molecule has 94 valence electrons. The van der Waals surface area contributed by atoms with Gasteiger partial charge in [0.2, 0.25) is 0 Å². The molecule has 2 rings (SSSR count). The number of likely N-dealkylation sites (tertiary alicyclic amines) is 1. The molecule has 0 amide bonds. The van der Waals surface area contributed by atoms with Gasteiger partial charge in [-0.1, -0.05) is 0 Å². The third-order valence-corrected chi connectivity index (χ3v) is 3.72. The number of ether oxygens (including phenoxy) is 1. The van der Waals surface area contributed by atoms with Gasteiger partial charge >= 0.3 is 0 Å². The van der Waals surface area contributed by atoms with Gasteiger partial charge in [-0.3, -0.25) is 9.80 Å². The number of aliphatic hydroxyl groups excluding tert-OH is 1. The monoisotopic (exact) mass is 228 g/mol. The summed E-state index contributed by atoms with van der Waals surface area (Å²) in [6.45, 7) is 11.9. The minimum atomic E-state index is -0.211. The van der Waals surface area contributed by atoms with Crippen molar-refractivity contribution in [3.63, 3.8) is 0 Å². The number of nitrogens with zero attached hydrogens (tertiary/aromatic N) is 2. The van der Waals surface area contributed by atoms with Crippen LogP contribution in [0.5, 0.6) is 0 Å². The van der Waals surface area contributed by atoms with E-state index in [1.807, 2.05) is 0 Å². The summed E-state index contributed by atoms with van der Waals surface area (Å²) in [5, 5.41) is 10.2. The highest BCUT2D eigenvalue weighted by Gasteiger charge is 2.39. The summed E-state index contributed by atoms with van der Waals surface area (Å²) < 4.78 is 5.35. The van der Waals surface area contributed by atoms with Crippen LogP contribution in [0.15, 0.2) is 0 Å². The molecule has 16 heavy (non-hydrogen) atoms. The summed E-state index contributed by atoms with van der Waals surface area (Å²) in [5.41, 5.74) is 0.155. The van der Waals surface area contributed by atoms with Crippen molar-refractivity contribution >= 4 is 0 Å². The van der Waals surface area contributed by atoms with Crippen molar-refractivity contribution in [3.8, 4) is 0 Å². The lowest BCUT2D eigenvalue weighted by molar-refractivity contribution is -0.00639. The van der Waals surface area contributed by atoms with Crippen LogP contribution in [0.1, 0.15) is 20.8 Å². The number of β-amino-alcohol motifs (C(OH)–C–C–N with tert-alkyl or cyclic N) is 1. The summed E-state index contributed by atoms with van der Waals surface area (Å²) in [6.07, 6.45) is -0.211. The van der Waals surface area contributed by atoms with Crippen molar-refractivity contribution in [1.29, 1.82) is 0 Å². The van der Waals surface area contributed by atoms with E-state index in [9.17, 15) is 5.11 Å². The average Bonchev–Trinajstić information content (AvgIpc) is 2.61. The van der Waals surface area contributed by atoms with Crippen LogP contribution in [-0.2, 0) is 4.74 Å². The molecule has 0 aromatic heterocycles. The van der Waals surface area contributed by atoms with Crippen LogP contribution in [0.25, 0.3) is 0 Å². The second kappa shape index (κ2) is 4.61. The Morgan fingerprint density at radius 3 is 2.25 bits per heavy atom. The van der Waals surface area contributed by atoms with Gasteiger partial charge in [-0.25, -0.2) is 0 Å². The maximum absolute atomic E-state index is 10.2. The smallest absolute Gasteiger partial charge is 0.0834 e. The van der Waals surface area contributed by atoms with Gasteiger partial charge in [-0.05, 0) is 20.8 Å². The number of rotatable bonds is 1. The van der Waals surface area contributed by atoms with Gasteiger partial charge in [0.05, 0.1) is 19.3 Å². The lowest BCUT2D eigenvalue weighted by Crippen LogP contribution is -2.49. The first kappa shape index (κ1) is 12.3. The minimum Gasteiger partial charge on any atom is -0.390 e. The lowest BCUT2D eigenvalue weighted by Gasteiger charge is -2.35. The molecule has 0 radical (unpaired) electrons. The van der Waals surface area contributed by atoms with Crippen molar-refractivity contribution in [2.75, 3.05) is 39.4 Å². The summed E-state index contributed by atoms with van der Waals surface area (Å²) in [5.74, 6) is 0. The molecular formula is C12H24N2O2. The fourth-order valence-corrected chi connectivity index (χ4v) is 2.59. The summed E-state index contributed by atoms with van der Waals surface area (Å²) in [6, 6.07) is 0.295. The van der Waals surface area contributed by atoms with Gasteiger partial charge in [0.1, 0.15) is 0 Å². The Bertz CT molecular complexity index is 234. The number of morpholine rings is 1.